The monoisotopic (exact) mass is 168 g/mol. The van der Waals surface area contributed by atoms with E-state index in [0.29, 0.717) is 5.92 Å². The second kappa shape index (κ2) is 5.76. The first-order chi connectivity index (χ1) is 5.63. The largest absolute Gasteiger partial charge is 0.207 e. The van der Waals surface area contributed by atoms with Crippen molar-refractivity contribution in [2.24, 2.45) is 5.92 Å². The van der Waals surface area contributed by atoms with Gasteiger partial charge in [-0.05, 0) is 30.9 Å². The van der Waals surface area contributed by atoms with Gasteiger partial charge in [0, 0.05) is 0 Å². The Balaban J connectivity index is 4.44. The molecule has 0 aromatic heterocycles. The molecule has 0 N–H and O–H groups in total. The minimum atomic E-state index is -0.135. The molecule has 0 aliphatic rings. The van der Waals surface area contributed by atoms with Gasteiger partial charge in [0.25, 0.3) is 0 Å². The van der Waals surface area contributed by atoms with Crippen LogP contribution in [0.25, 0.3) is 0 Å². The fourth-order valence-corrected chi connectivity index (χ4v) is 0.826. The van der Waals surface area contributed by atoms with Crippen molar-refractivity contribution in [1.29, 1.82) is 0 Å². The lowest BCUT2D eigenvalue weighted by molar-refractivity contribution is 0.586. The predicted octanol–water partition coefficient (Wildman–Crippen LogP) is 4.02. The SMILES string of the molecule is C=C/C=C\C(F)=C(/C)C(C)CC. The highest BCUT2D eigenvalue weighted by Crippen LogP contribution is 2.19. The highest BCUT2D eigenvalue weighted by Gasteiger charge is 2.04. The highest BCUT2D eigenvalue weighted by molar-refractivity contribution is 5.21. The zero-order valence-electron chi connectivity index (χ0n) is 8.10. The van der Waals surface area contributed by atoms with Gasteiger partial charge in [0.1, 0.15) is 5.83 Å². The lowest BCUT2D eigenvalue weighted by Gasteiger charge is -2.08. The van der Waals surface area contributed by atoms with Crippen LogP contribution < -0.4 is 0 Å². The molecule has 0 spiro atoms. The molecular weight excluding hydrogens is 151 g/mol. The van der Waals surface area contributed by atoms with Gasteiger partial charge < -0.3 is 0 Å². The molecule has 0 nitrogen and oxygen atoms in total. The maximum atomic E-state index is 13.2. The second-order valence-electron chi connectivity index (χ2n) is 2.94. The summed E-state index contributed by atoms with van der Waals surface area (Å²) in [5, 5.41) is 0. The molecule has 0 saturated carbocycles. The minimum absolute atomic E-state index is 0.135. The Labute approximate surface area is 74.5 Å². The molecule has 0 aliphatic heterocycles. The van der Waals surface area contributed by atoms with Gasteiger partial charge in [-0.2, -0.15) is 0 Å². The van der Waals surface area contributed by atoms with Crippen molar-refractivity contribution in [3.63, 3.8) is 0 Å². The van der Waals surface area contributed by atoms with Crippen LogP contribution in [0.1, 0.15) is 27.2 Å². The summed E-state index contributed by atoms with van der Waals surface area (Å²) in [6.07, 6.45) is 5.61. The van der Waals surface area contributed by atoms with Crippen molar-refractivity contribution in [2.45, 2.75) is 27.2 Å². The van der Waals surface area contributed by atoms with Crippen LogP contribution in [0, 0.1) is 5.92 Å². The minimum Gasteiger partial charge on any atom is -0.207 e. The first kappa shape index (κ1) is 11.2. The van der Waals surface area contributed by atoms with Crippen molar-refractivity contribution in [2.75, 3.05) is 0 Å². The third-order valence-electron chi connectivity index (χ3n) is 2.11. The zero-order chi connectivity index (χ0) is 9.56. The lowest BCUT2D eigenvalue weighted by atomic mass is 9.99. The molecule has 0 amide bonds. The number of hydrogen-bond acceptors (Lipinski definition) is 0. The summed E-state index contributed by atoms with van der Waals surface area (Å²) in [7, 11) is 0. The average Bonchev–Trinajstić information content (AvgIpc) is 2.11. The van der Waals surface area contributed by atoms with E-state index in [0.717, 1.165) is 12.0 Å². The van der Waals surface area contributed by atoms with E-state index in [9.17, 15) is 4.39 Å². The van der Waals surface area contributed by atoms with E-state index < -0.39 is 0 Å². The van der Waals surface area contributed by atoms with Crippen molar-refractivity contribution in [3.8, 4) is 0 Å². The summed E-state index contributed by atoms with van der Waals surface area (Å²) in [5.74, 6) is 0.184. The van der Waals surface area contributed by atoms with Gasteiger partial charge in [-0.1, -0.05) is 32.6 Å². The molecular formula is C11H17F. The fraction of sp³-hybridized carbons (Fsp3) is 0.455. The van der Waals surface area contributed by atoms with Crippen molar-refractivity contribution in [1.82, 2.24) is 0 Å². The van der Waals surface area contributed by atoms with E-state index in [4.69, 9.17) is 0 Å². The summed E-state index contributed by atoms with van der Waals surface area (Å²) >= 11 is 0. The molecule has 1 atom stereocenters. The number of allylic oxidation sites excluding steroid dienone is 5. The van der Waals surface area contributed by atoms with Crippen molar-refractivity contribution in [3.05, 3.63) is 36.2 Å². The first-order valence-electron chi connectivity index (χ1n) is 4.28. The van der Waals surface area contributed by atoms with Gasteiger partial charge in [-0.3, -0.25) is 0 Å². The second-order valence-corrected chi connectivity index (χ2v) is 2.94. The molecule has 0 saturated heterocycles. The maximum absolute atomic E-state index is 13.2. The molecule has 1 heteroatoms. The Morgan fingerprint density at radius 2 is 2.17 bits per heavy atom. The lowest BCUT2D eigenvalue weighted by Crippen LogP contribution is -1.95. The Morgan fingerprint density at radius 3 is 2.58 bits per heavy atom. The van der Waals surface area contributed by atoms with E-state index >= 15 is 0 Å². The van der Waals surface area contributed by atoms with Crippen LogP contribution in [0.4, 0.5) is 4.39 Å². The quantitative estimate of drug-likeness (QED) is 0.556. The van der Waals surface area contributed by atoms with Gasteiger partial charge in [0.15, 0.2) is 0 Å². The standard InChI is InChI=1S/C11H17F/c1-5-7-8-11(12)10(4)9(3)6-2/h5,7-9H,1,6H2,2-4H3/b8-7-,11-10-. The van der Waals surface area contributed by atoms with Crippen LogP contribution in [0.5, 0.6) is 0 Å². The summed E-state index contributed by atoms with van der Waals surface area (Å²) in [6, 6.07) is 0. The van der Waals surface area contributed by atoms with Gasteiger partial charge in [0.05, 0.1) is 0 Å². The predicted molar refractivity (Wildman–Crippen MR) is 52.6 cm³/mol. The van der Waals surface area contributed by atoms with Crippen LogP contribution >= 0.6 is 0 Å². The molecule has 0 fully saturated rings. The number of halogens is 1. The Kier molecular flexibility index (Phi) is 5.35. The average molecular weight is 168 g/mol. The maximum Gasteiger partial charge on any atom is 0.122 e. The van der Waals surface area contributed by atoms with Gasteiger partial charge in [0.2, 0.25) is 0 Å². The Hall–Kier alpha value is -0.850. The third kappa shape index (κ3) is 3.51. The van der Waals surface area contributed by atoms with E-state index in [1.165, 1.54) is 6.08 Å². The van der Waals surface area contributed by atoms with Gasteiger partial charge in [-0.25, -0.2) is 4.39 Å². The highest BCUT2D eigenvalue weighted by atomic mass is 19.1. The summed E-state index contributed by atoms with van der Waals surface area (Å²) in [4.78, 5) is 0. The number of hydrogen-bond donors (Lipinski definition) is 0. The third-order valence-corrected chi connectivity index (χ3v) is 2.11. The molecule has 12 heavy (non-hydrogen) atoms. The van der Waals surface area contributed by atoms with Crippen LogP contribution in [0.3, 0.4) is 0 Å². The van der Waals surface area contributed by atoms with E-state index in [-0.39, 0.29) is 5.83 Å². The van der Waals surface area contributed by atoms with Crippen molar-refractivity contribution < 1.29 is 4.39 Å². The van der Waals surface area contributed by atoms with E-state index in [2.05, 4.69) is 13.5 Å². The smallest absolute Gasteiger partial charge is 0.122 e. The molecule has 1 unspecified atom stereocenters. The molecule has 0 heterocycles. The van der Waals surface area contributed by atoms with Gasteiger partial charge >= 0.3 is 0 Å². The summed E-state index contributed by atoms with van der Waals surface area (Å²) < 4.78 is 13.2. The molecule has 0 bridgehead atoms. The first-order valence-corrected chi connectivity index (χ1v) is 4.28. The molecule has 0 aromatic carbocycles. The molecule has 0 aliphatic carbocycles. The molecule has 0 rings (SSSR count). The Morgan fingerprint density at radius 1 is 1.58 bits per heavy atom. The van der Waals surface area contributed by atoms with Crippen LogP contribution in [-0.2, 0) is 0 Å². The van der Waals surface area contributed by atoms with Crippen LogP contribution in [0.2, 0.25) is 0 Å². The van der Waals surface area contributed by atoms with E-state index in [1.807, 2.05) is 13.8 Å². The van der Waals surface area contributed by atoms with Crippen LogP contribution in [0.15, 0.2) is 36.2 Å². The normalized spacial score (nSPS) is 16.0. The molecule has 0 aromatic rings. The number of rotatable bonds is 4. The fourth-order valence-electron chi connectivity index (χ4n) is 0.826. The molecule has 68 valence electrons. The molecule has 0 radical (unpaired) electrons. The van der Waals surface area contributed by atoms with Crippen LogP contribution in [-0.4, -0.2) is 0 Å². The zero-order valence-corrected chi connectivity index (χ0v) is 8.10. The summed E-state index contributed by atoms with van der Waals surface area (Å²) in [6.45, 7) is 9.39. The summed E-state index contributed by atoms with van der Waals surface area (Å²) in [5.41, 5.74) is 0.815. The Bertz CT molecular complexity index is 199. The van der Waals surface area contributed by atoms with Gasteiger partial charge in [-0.15, -0.1) is 0 Å². The van der Waals surface area contributed by atoms with E-state index in [1.54, 1.807) is 12.2 Å². The topological polar surface area (TPSA) is 0 Å². The van der Waals surface area contributed by atoms with Crippen molar-refractivity contribution >= 4 is 0 Å².